The second-order valence-corrected chi connectivity index (χ2v) is 5.52. The van der Waals surface area contributed by atoms with E-state index in [1.165, 1.54) is 5.69 Å². The highest BCUT2D eigenvalue weighted by atomic mass is 16.5. The average molecular weight is 277 g/mol. The molecule has 0 saturated carbocycles. The first-order valence-electron chi connectivity index (χ1n) is 7.78. The van der Waals surface area contributed by atoms with E-state index in [1.54, 1.807) is 7.11 Å². The number of benzene rings is 1. The van der Waals surface area contributed by atoms with Crippen molar-refractivity contribution in [1.82, 2.24) is 0 Å². The van der Waals surface area contributed by atoms with Crippen LogP contribution < -0.4 is 4.90 Å². The fourth-order valence-corrected chi connectivity index (χ4v) is 2.86. The average Bonchev–Trinajstić information content (AvgIpc) is 2.49. The Kier molecular flexibility index (Phi) is 6.34. The maximum Gasteiger partial charge on any atom is 0.0812 e. The molecule has 1 saturated heterocycles. The molecule has 1 heterocycles. The van der Waals surface area contributed by atoms with Crippen LogP contribution in [0.4, 0.5) is 5.69 Å². The van der Waals surface area contributed by atoms with Crippen LogP contribution in [0, 0.1) is 0 Å². The van der Waals surface area contributed by atoms with Gasteiger partial charge < -0.3 is 14.4 Å². The van der Waals surface area contributed by atoms with Gasteiger partial charge in [-0.05, 0) is 31.4 Å². The van der Waals surface area contributed by atoms with Crippen LogP contribution in [-0.2, 0) is 9.47 Å². The van der Waals surface area contributed by atoms with Gasteiger partial charge in [0.05, 0.1) is 18.8 Å². The number of hydrogen-bond donors (Lipinski definition) is 0. The van der Waals surface area contributed by atoms with Crippen molar-refractivity contribution in [1.29, 1.82) is 0 Å². The highest BCUT2D eigenvalue weighted by Crippen LogP contribution is 2.22. The fourth-order valence-electron chi connectivity index (χ4n) is 2.86. The number of anilines is 1. The maximum absolute atomic E-state index is 6.20. The van der Waals surface area contributed by atoms with Gasteiger partial charge in [0, 0.05) is 25.9 Å². The topological polar surface area (TPSA) is 21.7 Å². The first-order valence-corrected chi connectivity index (χ1v) is 7.78. The van der Waals surface area contributed by atoms with Crippen LogP contribution in [-0.4, -0.2) is 39.0 Å². The minimum absolute atomic E-state index is 0.262. The van der Waals surface area contributed by atoms with E-state index in [4.69, 9.17) is 9.47 Å². The minimum Gasteiger partial charge on any atom is -0.382 e. The smallest absolute Gasteiger partial charge is 0.0812 e. The van der Waals surface area contributed by atoms with E-state index in [9.17, 15) is 0 Å². The van der Waals surface area contributed by atoms with Gasteiger partial charge in [0.15, 0.2) is 0 Å². The number of methoxy groups -OCH3 is 1. The van der Waals surface area contributed by atoms with Crippen molar-refractivity contribution in [3.05, 3.63) is 30.3 Å². The molecule has 1 unspecified atom stereocenters. The molecule has 0 bridgehead atoms. The predicted octanol–water partition coefficient (Wildman–Crippen LogP) is 3.49. The summed E-state index contributed by atoms with van der Waals surface area (Å²) < 4.78 is 11.5. The van der Waals surface area contributed by atoms with Crippen molar-refractivity contribution in [2.24, 2.45) is 0 Å². The van der Waals surface area contributed by atoms with Gasteiger partial charge in [-0.25, -0.2) is 0 Å². The number of para-hydroxylation sites is 1. The first-order chi connectivity index (χ1) is 9.83. The van der Waals surface area contributed by atoms with Gasteiger partial charge >= 0.3 is 0 Å². The number of rotatable bonds is 7. The summed E-state index contributed by atoms with van der Waals surface area (Å²) in [6, 6.07) is 10.7. The van der Waals surface area contributed by atoms with E-state index in [-0.39, 0.29) is 6.10 Å². The molecule has 0 radical (unpaired) electrons. The molecule has 112 valence electrons. The third-order valence-corrected chi connectivity index (χ3v) is 3.91. The molecule has 1 aliphatic heterocycles. The molecule has 0 aliphatic carbocycles. The second kappa shape index (κ2) is 8.28. The third-order valence-electron chi connectivity index (χ3n) is 3.91. The van der Waals surface area contributed by atoms with Crippen molar-refractivity contribution < 1.29 is 9.47 Å². The lowest BCUT2D eigenvalue weighted by Gasteiger charge is -2.35. The minimum atomic E-state index is 0.262. The Morgan fingerprint density at radius 1 is 1.20 bits per heavy atom. The Bertz CT molecular complexity index is 355. The van der Waals surface area contributed by atoms with Gasteiger partial charge in [-0.2, -0.15) is 0 Å². The molecule has 1 aromatic carbocycles. The molecule has 3 heteroatoms. The summed E-state index contributed by atoms with van der Waals surface area (Å²) in [7, 11) is 1.75. The monoisotopic (exact) mass is 277 g/mol. The Labute approximate surface area is 122 Å². The van der Waals surface area contributed by atoms with Gasteiger partial charge in [-0.1, -0.05) is 31.5 Å². The lowest BCUT2D eigenvalue weighted by atomic mass is 10.1. The normalized spacial score (nSPS) is 18.2. The molecule has 1 aliphatic rings. The number of piperidine rings is 1. The van der Waals surface area contributed by atoms with Crippen LogP contribution in [0.1, 0.15) is 32.6 Å². The molecular weight excluding hydrogens is 250 g/mol. The predicted molar refractivity (Wildman–Crippen MR) is 83.3 cm³/mol. The zero-order chi connectivity index (χ0) is 14.2. The SMILES string of the molecule is CCCC(COC)OC1CCN(c2ccccc2)CC1. The molecule has 2 rings (SSSR count). The van der Waals surface area contributed by atoms with Crippen LogP contribution in [0.25, 0.3) is 0 Å². The maximum atomic E-state index is 6.20. The summed E-state index contributed by atoms with van der Waals surface area (Å²) in [6.07, 6.45) is 5.11. The Morgan fingerprint density at radius 3 is 2.50 bits per heavy atom. The molecule has 3 nitrogen and oxygen atoms in total. The quantitative estimate of drug-likeness (QED) is 0.761. The van der Waals surface area contributed by atoms with E-state index in [1.807, 2.05) is 0 Å². The van der Waals surface area contributed by atoms with Gasteiger partial charge in [-0.3, -0.25) is 0 Å². The molecule has 1 aromatic rings. The summed E-state index contributed by atoms with van der Waals surface area (Å²) in [4.78, 5) is 2.45. The summed E-state index contributed by atoms with van der Waals surface area (Å²) >= 11 is 0. The first kappa shape index (κ1) is 15.3. The second-order valence-electron chi connectivity index (χ2n) is 5.52. The third kappa shape index (κ3) is 4.50. The van der Waals surface area contributed by atoms with E-state index in [0.717, 1.165) is 38.8 Å². The summed E-state index contributed by atoms with van der Waals surface area (Å²) in [5.74, 6) is 0. The Morgan fingerprint density at radius 2 is 1.90 bits per heavy atom. The van der Waals surface area contributed by atoms with Crippen molar-refractivity contribution in [2.45, 2.75) is 44.8 Å². The molecule has 0 N–H and O–H groups in total. The fraction of sp³-hybridized carbons (Fsp3) is 0.647. The zero-order valence-electron chi connectivity index (χ0n) is 12.8. The van der Waals surface area contributed by atoms with E-state index >= 15 is 0 Å². The highest BCUT2D eigenvalue weighted by Gasteiger charge is 2.22. The van der Waals surface area contributed by atoms with Gasteiger partial charge in [-0.15, -0.1) is 0 Å². The van der Waals surface area contributed by atoms with Crippen LogP contribution in [0.2, 0.25) is 0 Å². The van der Waals surface area contributed by atoms with Crippen molar-refractivity contribution in [2.75, 3.05) is 31.7 Å². The summed E-state index contributed by atoms with van der Waals surface area (Å²) in [5.41, 5.74) is 1.33. The number of nitrogens with zero attached hydrogens (tertiary/aromatic N) is 1. The zero-order valence-corrected chi connectivity index (χ0v) is 12.8. The van der Waals surface area contributed by atoms with E-state index in [2.05, 4.69) is 42.2 Å². The van der Waals surface area contributed by atoms with Crippen LogP contribution in [0.5, 0.6) is 0 Å². The molecule has 1 atom stereocenters. The molecular formula is C17H27NO2. The lowest BCUT2D eigenvalue weighted by molar-refractivity contribution is -0.0597. The standard InChI is InChI=1S/C17H27NO2/c1-3-7-17(14-19-2)20-16-10-12-18(13-11-16)15-8-5-4-6-9-15/h4-6,8-9,16-17H,3,7,10-14H2,1-2H3. The molecule has 0 spiro atoms. The largest absolute Gasteiger partial charge is 0.382 e. The Hall–Kier alpha value is -1.06. The summed E-state index contributed by atoms with van der Waals surface area (Å²) in [6.45, 7) is 5.08. The van der Waals surface area contributed by atoms with Crippen molar-refractivity contribution in [3.8, 4) is 0 Å². The van der Waals surface area contributed by atoms with E-state index < -0.39 is 0 Å². The molecule has 0 amide bonds. The molecule has 1 fully saturated rings. The summed E-state index contributed by atoms with van der Waals surface area (Å²) in [5, 5.41) is 0. The molecule has 0 aromatic heterocycles. The van der Waals surface area contributed by atoms with Crippen molar-refractivity contribution >= 4 is 5.69 Å². The van der Waals surface area contributed by atoms with Crippen LogP contribution in [0.3, 0.4) is 0 Å². The van der Waals surface area contributed by atoms with E-state index in [0.29, 0.717) is 12.7 Å². The van der Waals surface area contributed by atoms with Gasteiger partial charge in [0.25, 0.3) is 0 Å². The Balaban J connectivity index is 1.79. The molecule has 20 heavy (non-hydrogen) atoms. The van der Waals surface area contributed by atoms with Crippen LogP contribution >= 0.6 is 0 Å². The van der Waals surface area contributed by atoms with Crippen LogP contribution in [0.15, 0.2) is 30.3 Å². The lowest BCUT2D eigenvalue weighted by Crippen LogP contribution is -2.39. The van der Waals surface area contributed by atoms with Gasteiger partial charge in [0.2, 0.25) is 0 Å². The number of hydrogen-bond acceptors (Lipinski definition) is 3. The van der Waals surface area contributed by atoms with Crippen molar-refractivity contribution in [3.63, 3.8) is 0 Å². The highest BCUT2D eigenvalue weighted by molar-refractivity contribution is 5.46. The van der Waals surface area contributed by atoms with Gasteiger partial charge in [0.1, 0.15) is 0 Å². The number of ether oxygens (including phenoxy) is 2.